The molecule has 1 amide bonds. The van der Waals surface area contributed by atoms with Crippen LogP contribution in [0.15, 0.2) is 64.7 Å². The van der Waals surface area contributed by atoms with Crippen LogP contribution in [0.4, 0.5) is 0 Å². The van der Waals surface area contributed by atoms with Crippen molar-refractivity contribution in [2.75, 3.05) is 7.05 Å². The second-order valence-corrected chi connectivity index (χ2v) is 7.79. The Kier molecular flexibility index (Phi) is 5.27. The molecule has 2 aromatic heterocycles. The van der Waals surface area contributed by atoms with Crippen LogP contribution in [-0.2, 0) is 11.3 Å². The number of para-hydroxylation sites is 1. The van der Waals surface area contributed by atoms with E-state index in [-0.39, 0.29) is 5.91 Å². The Bertz CT molecular complexity index is 854. The quantitative estimate of drug-likeness (QED) is 0.595. The summed E-state index contributed by atoms with van der Waals surface area (Å²) in [7, 11) is 1.79. The maximum atomic E-state index is 12.2. The number of thiophene rings is 1. The van der Waals surface area contributed by atoms with Gasteiger partial charge in [-0.1, -0.05) is 18.2 Å². The molecule has 4 nitrogen and oxygen atoms in total. The highest BCUT2D eigenvalue weighted by Crippen LogP contribution is 2.23. The highest BCUT2D eigenvalue weighted by molar-refractivity contribution is 9.11. The summed E-state index contributed by atoms with van der Waals surface area (Å²) in [4.78, 5) is 14.9. The average Bonchev–Trinajstić information content (AvgIpc) is 3.22. The summed E-state index contributed by atoms with van der Waals surface area (Å²) in [6.07, 6.45) is 7.16. The van der Waals surface area contributed by atoms with E-state index >= 15 is 0 Å². The molecule has 0 aliphatic heterocycles. The molecule has 122 valence electrons. The van der Waals surface area contributed by atoms with E-state index in [4.69, 9.17) is 0 Å². The van der Waals surface area contributed by atoms with Crippen LogP contribution >= 0.6 is 27.3 Å². The van der Waals surface area contributed by atoms with Gasteiger partial charge in [-0.25, -0.2) is 4.68 Å². The van der Waals surface area contributed by atoms with Gasteiger partial charge in [0.05, 0.1) is 15.7 Å². The second kappa shape index (κ2) is 7.59. The largest absolute Gasteiger partial charge is 0.338 e. The summed E-state index contributed by atoms with van der Waals surface area (Å²) in [5, 5.41) is 4.35. The molecule has 3 aromatic rings. The predicted molar refractivity (Wildman–Crippen MR) is 101 cm³/mol. The summed E-state index contributed by atoms with van der Waals surface area (Å²) in [5.41, 5.74) is 1.99. The Morgan fingerprint density at radius 2 is 2.08 bits per heavy atom. The molecule has 0 saturated carbocycles. The molecule has 3 rings (SSSR count). The van der Waals surface area contributed by atoms with E-state index in [2.05, 4.69) is 21.0 Å². The SMILES string of the molecule is CN(Cc1cnn(-c2ccccc2)c1)C(=O)/C=C/c1ccc(Br)s1. The van der Waals surface area contributed by atoms with Crippen LogP contribution in [0.1, 0.15) is 10.4 Å². The van der Waals surface area contributed by atoms with Gasteiger partial charge in [0.15, 0.2) is 0 Å². The third-order valence-electron chi connectivity index (χ3n) is 3.44. The zero-order valence-corrected chi connectivity index (χ0v) is 15.5. The Labute approximate surface area is 153 Å². The first-order chi connectivity index (χ1) is 11.6. The number of carbonyl (C=O) groups excluding carboxylic acids is 1. The Morgan fingerprint density at radius 3 is 2.79 bits per heavy atom. The van der Waals surface area contributed by atoms with Gasteiger partial charge in [-0.3, -0.25) is 4.79 Å². The average molecular weight is 402 g/mol. The van der Waals surface area contributed by atoms with Crippen LogP contribution in [0.25, 0.3) is 11.8 Å². The zero-order valence-electron chi connectivity index (χ0n) is 13.1. The third kappa shape index (κ3) is 4.21. The molecule has 0 N–H and O–H groups in total. The summed E-state index contributed by atoms with van der Waals surface area (Å²) >= 11 is 5.01. The van der Waals surface area contributed by atoms with E-state index < -0.39 is 0 Å². The van der Waals surface area contributed by atoms with Crippen LogP contribution in [-0.4, -0.2) is 27.6 Å². The molecule has 0 saturated heterocycles. The van der Waals surface area contributed by atoms with Gasteiger partial charge in [-0.15, -0.1) is 11.3 Å². The van der Waals surface area contributed by atoms with Gasteiger partial charge in [0.2, 0.25) is 5.91 Å². The van der Waals surface area contributed by atoms with E-state index in [0.29, 0.717) is 6.54 Å². The molecule has 0 radical (unpaired) electrons. The first-order valence-electron chi connectivity index (χ1n) is 7.39. The van der Waals surface area contributed by atoms with Crippen LogP contribution in [0.5, 0.6) is 0 Å². The fourth-order valence-electron chi connectivity index (χ4n) is 2.21. The molecule has 0 atom stereocenters. The zero-order chi connectivity index (χ0) is 16.9. The molecule has 0 bridgehead atoms. The molecular formula is C18H16BrN3OS. The Balaban J connectivity index is 1.62. The highest BCUT2D eigenvalue weighted by atomic mass is 79.9. The van der Waals surface area contributed by atoms with Gasteiger partial charge in [0.25, 0.3) is 0 Å². The fourth-order valence-corrected chi connectivity index (χ4v) is 3.54. The molecule has 2 heterocycles. The van der Waals surface area contributed by atoms with Gasteiger partial charge in [-0.05, 0) is 46.3 Å². The summed E-state index contributed by atoms with van der Waals surface area (Å²) < 4.78 is 2.86. The molecule has 0 aliphatic rings. The number of likely N-dealkylation sites (N-methyl/N-ethyl adjacent to an activating group) is 1. The molecule has 0 unspecified atom stereocenters. The maximum Gasteiger partial charge on any atom is 0.246 e. The van der Waals surface area contributed by atoms with Gasteiger partial charge in [0.1, 0.15) is 0 Å². The smallest absolute Gasteiger partial charge is 0.246 e. The molecule has 6 heteroatoms. The molecule has 0 aliphatic carbocycles. The van der Waals surface area contributed by atoms with Crippen LogP contribution in [0.3, 0.4) is 0 Å². The molecular weight excluding hydrogens is 386 g/mol. The third-order valence-corrected chi connectivity index (χ3v) is 5.03. The summed E-state index contributed by atoms with van der Waals surface area (Å²) in [6, 6.07) is 13.8. The summed E-state index contributed by atoms with van der Waals surface area (Å²) in [5.74, 6) is -0.0352. The topological polar surface area (TPSA) is 38.1 Å². The molecule has 1 aromatic carbocycles. The minimum absolute atomic E-state index is 0.0352. The van der Waals surface area contributed by atoms with E-state index in [1.807, 2.05) is 59.4 Å². The van der Waals surface area contributed by atoms with Crippen molar-refractivity contribution in [2.24, 2.45) is 0 Å². The molecule has 24 heavy (non-hydrogen) atoms. The minimum atomic E-state index is -0.0352. The van der Waals surface area contributed by atoms with Gasteiger partial charge < -0.3 is 4.90 Å². The Morgan fingerprint density at radius 1 is 1.29 bits per heavy atom. The van der Waals surface area contributed by atoms with Crippen molar-refractivity contribution in [3.05, 3.63) is 75.2 Å². The van der Waals surface area contributed by atoms with E-state index in [1.54, 1.807) is 35.6 Å². The number of carbonyl (C=O) groups is 1. The number of halogens is 1. The van der Waals surface area contributed by atoms with Gasteiger partial charge in [-0.2, -0.15) is 5.10 Å². The van der Waals surface area contributed by atoms with Crippen molar-refractivity contribution in [3.63, 3.8) is 0 Å². The van der Waals surface area contributed by atoms with Crippen LogP contribution in [0, 0.1) is 0 Å². The monoisotopic (exact) mass is 401 g/mol. The maximum absolute atomic E-state index is 12.2. The van der Waals surface area contributed by atoms with Crippen molar-refractivity contribution in [1.82, 2.24) is 14.7 Å². The van der Waals surface area contributed by atoms with Gasteiger partial charge in [0, 0.05) is 36.3 Å². The summed E-state index contributed by atoms with van der Waals surface area (Å²) in [6.45, 7) is 0.518. The Hall–Kier alpha value is -2.18. The first kappa shape index (κ1) is 16.7. The second-order valence-electron chi connectivity index (χ2n) is 5.30. The number of benzene rings is 1. The van der Waals surface area contributed by atoms with Crippen molar-refractivity contribution in [1.29, 1.82) is 0 Å². The van der Waals surface area contributed by atoms with Crippen molar-refractivity contribution in [2.45, 2.75) is 6.54 Å². The number of hydrogen-bond acceptors (Lipinski definition) is 3. The predicted octanol–water partition coefficient (Wildman–Crippen LogP) is 4.37. The normalized spacial score (nSPS) is 11.1. The lowest BCUT2D eigenvalue weighted by molar-refractivity contribution is -0.125. The number of hydrogen-bond donors (Lipinski definition) is 0. The lowest BCUT2D eigenvalue weighted by Gasteiger charge is -2.13. The van der Waals surface area contributed by atoms with E-state index in [0.717, 1.165) is 19.9 Å². The minimum Gasteiger partial charge on any atom is -0.338 e. The lowest BCUT2D eigenvalue weighted by atomic mass is 10.3. The molecule has 0 fully saturated rings. The fraction of sp³-hybridized carbons (Fsp3) is 0.111. The first-order valence-corrected chi connectivity index (χ1v) is 9.00. The number of nitrogens with zero attached hydrogens (tertiary/aromatic N) is 3. The van der Waals surface area contributed by atoms with Gasteiger partial charge >= 0.3 is 0 Å². The van der Waals surface area contributed by atoms with Crippen LogP contribution in [0.2, 0.25) is 0 Å². The number of rotatable bonds is 5. The van der Waals surface area contributed by atoms with E-state index in [1.165, 1.54) is 0 Å². The number of amides is 1. The molecule has 0 spiro atoms. The lowest BCUT2D eigenvalue weighted by Crippen LogP contribution is -2.23. The van der Waals surface area contributed by atoms with Crippen molar-refractivity contribution in [3.8, 4) is 5.69 Å². The van der Waals surface area contributed by atoms with Crippen molar-refractivity contribution >= 4 is 39.2 Å². The number of aromatic nitrogens is 2. The van der Waals surface area contributed by atoms with Crippen molar-refractivity contribution < 1.29 is 4.79 Å². The van der Waals surface area contributed by atoms with E-state index in [9.17, 15) is 4.79 Å². The standard InChI is InChI=1S/C18H16BrN3OS/c1-21(18(23)10-8-16-7-9-17(19)24-16)12-14-11-20-22(13-14)15-5-3-2-4-6-15/h2-11,13H,12H2,1H3/b10-8+. The highest BCUT2D eigenvalue weighted by Gasteiger charge is 2.08. The van der Waals surface area contributed by atoms with Crippen LogP contribution < -0.4 is 0 Å².